The van der Waals surface area contributed by atoms with Crippen LogP contribution in [-0.4, -0.2) is 13.0 Å². The molecule has 0 radical (unpaired) electrons. The van der Waals surface area contributed by atoms with Crippen LogP contribution in [0.2, 0.25) is 0 Å². The van der Waals surface area contributed by atoms with Gasteiger partial charge in [0.25, 0.3) is 0 Å². The van der Waals surface area contributed by atoms with Crippen LogP contribution in [0, 0.1) is 0 Å². The largest absolute Gasteiger partial charge is 0.416 e. The Morgan fingerprint density at radius 2 is 1.88 bits per heavy atom. The quantitative estimate of drug-likeness (QED) is 0.755. The lowest BCUT2D eigenvalue weighted by Gasteiger charge is -2.17. The molecular formula is C10H11F3N2O. The van der Waals surface area contributed by atoms with Crippen molar-refractivity contribution in [2.45, 2.75) is 13.1 Å². The van der Waals surface area contributed by atoms with Crippen molar-refractivity contribution in [2.24, 2.45) is 0 Å². The Balaban J connectivity index is 3.23. The van der Waals surface area contributed by atoms with E-state index in [1.807, 2.05) is 0 Å². The van der Waals surface area contributed by atoms with Gasteiger partial charge in [0.2, 0.25) is 5.91 Å². The van der Waals surface area contributed by atoms with Gasteiger partial charge in [0, 0.05) is 25.3 Å². The van der Waals surface area contributed by atoms with Gasteiger partial charge >= 0.3 is 6.18 Å². The molecule has 0 aromatic heterocycles. The zero-order valence-corrected chi connectivity index (χ0v) is 8.80. The molecule has 0 saturated carbocycles. The molecular weight excluding hydrogens is 221 g/mol. The van der Waals surface area contributed by atoms with Crippen LogP contribution in [0.25, 0.3) is 0 Å². The smallest absolute Gasteiger partial charge is 0.399 e. The van der Waals surface area contributed by atoms with Crippen LogP contribution in [0.3, 0.4) is 0 Å². The van der Waals surface area contributed by atoms with Gasteiger partial charge in [0.05, 0.1) is 5.56 Å². The first kappa shape index (κ1) is 12.4. The summed E-state index contributed by atoms with van der Waals surface area (Å²) < 4.78 is 37.4. The zero-order valence-electron chi connectivity index (χ0n) is 8.80. The van der Waals surface area contributed by atoms with Gasteiger partial charge in [-0.15, -0.1) is 0 Å². The molecule has 3 nitrogen and oxygen atoms in total. The highest BCUT2D eigenvalue weighted by Crippen LogP contribution is 2.33. The van der Waals surface area contributed by atoms with E-state index in [0.29, 0.717) is 0 Å². The second kappa shape index (κ2) is 4.03. The van der Waals surface area contributed by atoms with Crippen molar-refractivity contribution in [1.29, 1.82) is 0 Å². The predicted molar refractivity (Wildman–Crippen MR) is 54.9 cm³/mol. The van der Waals surface area contributed by atoms with Gasteiger partial charge in [0.15, 0.2) is 0 Å². The lowest BCUT2D eigenvalue weighted by atomic mass is 10.1. The number of nitrogens with two attached hydrogens (primary N) is 1. The minimum absolute atomic E-state index is 0.0297. The minimum Gasteiger partial charge on any atom is -0.399 e. The van der Waals surface area contributed by atoms with Gasteiger partial charge in [-0.05, 0) is 18.2 Å². The molecule has 0 bridgehead atoms. The van der Waals surface area contributed by atoms with Crippen LogP contribution >= 0.6 is 0 Å². The van der Waals surface area contributed by atoms with Crippen LogP contribution in [0.4, 0.5) is 24.5 Å². The SMILES string of the molecule is CC(=O)N(C)c1cc(N)cc(C(F)(F)F)c1. The number of carbonyl (C=O) groups excluding carboxylic acids is 1. The summed E-state index contributed by atoms with van der Waals surface area (Å²) in [5.74, 6) is -0.362. The highest BCUT2D eigenvalue weighted by Gasteiger charge is 2.31. The third kappa shape index (κ3) is 2.65. The van der Waals surface area contributed by atoms with Crippen molar-refractivity contribution in [3.63, 3.8) is 0 Å². The van der Waals surface area contributed by atoms with Crippen molar-refractivity contribution in [1.82, 2.24) is 0 Å². The van der Waals surface area contributed by atoms with E-state index < -0.39 is 11.7 Å². The maximum atomic E-state index is 12.5. The summed E-state index contributed by atoms with van der Waals surface area (Å²) >= 11 is 0. The Morgan fingerprint density at radius 1 is 1.31 bits per heavy atom. The fraction of sp³-hybridized carbons (Fsp3) is 0.300. The van der Waals surface area contributed by atoms with Gasteiger partial charge in [0.1, 0.15) is 0 Å². The number of amides is 1. The summed E-state index contributed by atoms with van der Waals surface area (Å²) in [6, 6.07) is 3.03. The van der Waals surface area contributed by atoms with E-state index in [1.54, 1.807) is 0 Å². The second-order valence-electron chi connectivity index (χ2n) is 3.39. The molecule has 0 atom stereocenters. The average molecular weight is 232 g/mol. The van der Waals surface area contributed by atoms with Crippen molar-refractivity contribution in [2.75, 3.05) is 17.7 Å². The number of carbonyl (C=O) groups is 1. The van der Waals surface area contributed by atoms with Gasteiger partial charge in [-0.2, -0.15) is 13.2 Å². The summed E-state index contributed by atoms with van der Waals surface area (Å²) in [6.07, 6.45) is -4.47. The highest BCUT2D eigenvalue weighted by molar-refractivity contribution is 5.91. The molecule has 0 fully saturated rings. The number of benzene rings is 1. The first-order valence-corrected chi connectivity index (χ1v) is 4.44. The van der Waals surface area contributed by atoms with E-state index in [9.17, 15) is 18.0 Å². The van der Waals surface area contributed by atoms with E-state index in [1.165, 1.54) is 20.0 Å². The monoisotopic (exact) mass is 232 g/mol. The Kier molecular flexibility index (Phi) is 3.11. The highest BCUT2D eigenvalue weighted by atomic mass is 19.4. The molecule has 6 heteroatoms. The van der Waals surface area contributed by atoms with E-state index in [4.69, 9.17) is 5.73 Å². The molecule has 0 heterocycles. The fourth-order valence-electron chi connectivity index (χ4n) is 1.17. The van der Waals surface area contributed by atoms with Crippen molar-refractivity contribution in [3.8, 4) is 0 Å². The molecule has 2 N–H and O–H groups in total. The van der Waals surface area contributed by atoms with Crippen LogP contribution < -0.4 is 10.6 Å². The first-order valence-electron chi connectivity index (χ1n) is 4.44. The van der Waals surface area contributed by atoms with Crippen molar-refractivity contribution >= 4 is 17.3 Å². The molecule has 88 valence electrons. The molecule has 0 unspecified atom stereocenters. The zero-order chi connectivity index (χ0) is 12.5. The van der Waals surface area contributed by atoms with Crippen LogP contribution in [0.15, 0.2) is 18.2 Å². The van der Waals surface area contributed by atoms with Crippen LogP contribution in [0.5, 0.6) is 0 Å². The maximum absolute atomic E-state index is 12.5. The minimum atomic E-state index is -4.47. The molecule has 0 aliphatic heterocycles. The Labute approximate surface area is 90.6 Å². The normalized spacial score (nSPS) is 11.3. The second-order valence-corrected chi connectivity index (χ2v) is 3.39. The van der Waals surface area contributed by atoms with Crippen LogP contribution in [-0.2, 0) is 11.0 Å². The Morgan fingerprint density at radius 3 is 2.31 bits per heavy atom. The standard InChI is InChI=1S/C10H11F3N2O/c1-6(16)15(2)9-4-7(10(11,12)13)3-8(14)5-9/h3-5H,14H2,1-2H3. The van der Waals surface area contributed by atoms with E-state index >= 15 is 0 Å². The number of halogens is 3. The van der Waals surface area contributed by atoms with Crippen molar-refractivity contribution < 1.29 is 18.0 Å². The van der Waals surface area contributed by atoms with Crippen molar-refractivity contribution in [3.05, 3.63) is 23.8 Å². The molecule has 1 amide bonds. The molecule has 0 aliphatic carbocycles. The number of hydrogen-bond acceptors (Lipinski definition) is 2. The third-order valence-corrected chi connectivity index (χ3v) is 2.13. The number of hydrogen-bond donors (Lipinski definition) is 1. The van der Waals surface area contributed by atoms with Gasteiger partial charge in [-0.25, -0.2) is 0 Å². The number of alkyl halides is 3. The topological polar surface area (TPSA) is 46.3 Å². The maximum Gasteiger partial charge on any atom is 0.416 e. The number of nitrogen functional groups attached to an aromatic ring is 1. The summed E-state index contributed by atoms with van der Waals surface area (Å²) in [6.45, 7) is 1.26. The first-order chi connectivity index (χ1) is 7.21. The summed E-state index contributed by atoms with van der Waals surface area (Å²) in [5, 5.41) is 0. The van der Waals surface area contributed by atoms with Gasteiger partial charge in [-0.1, -0.05) is 0 Å². The molecule has 0 aliphatic rings. The van der Waals surface area contributed by atoms with Crippen LogP contribution in [0.1, 0.15) is 12.5 Å². The predicted octanol–water partition coefficient (Wildman–Crippen LogP) is 2.27. The molecule has 0 spiro atoms. The molecule has 16 heavy (non-hydrogen) atoms. The third-order valence-electron chi connectivity index (χ3n) is 2.13. The average Bonchev–Trinajstić information content (AvgIpc) is 2.14. The summed E-state index contributed by atoms with van der Waals surface area (Å²) in [7, 11) is 1.39. The number of nitrogens with zero attached hydrogens (tertiary/aromatic N) is 1. The Hall–Kier alpha value is -1.72. The molecule has 1 rings (SSSR count). The fourth-order valence-corrected chi connectivity index (χ4v) is 1.17. The lowest BCUT2D eigenvalue weighted by molar-refractivity contribution is -0.137. The summed E-state index contributed by atoms with van der Waals surface area (Å²) in [5.41, 5.74) is 4.59. The summed E-state index contributed by atoms with van der Waals surface area (Å²) in [4.78, 5) is 12.1. The van der Waals surface area contributed by atoms with E-state index in [-0.39, 0.29) is 17.3 Å². The number of anilines is 2. The van der Waals surface area contributed by atoms with E-state index in [2.05, 4.69) is 0 Å². The molecule has 1 aromatic rings. The number of rotatable bonds is 1. The Bertz CT molecular complexity index is 415. The molecule has 1 aromatic carbocycles. The lowest BCUT2D eigenvalue weighted by Crippen LogP contribution is -2.23. The van der Waals surface area contributed by atoms with Gasteiger partial charge < -0.3 is 10.6 Å². The van der Waals surface area contributed by atoms with E-state index in [0.717, 1.165) is 17.0 Å². The van der Waals surface area contributed by atoms with Gasteiger partial charge in [-0.3, -0.25) is 4.79 Å². The molecule has 0 saturated heterocycles.